The second-order valence-corrected chi connectivity index (χ2v) is 4.46. The van der Waals surface area contributed by atoms with E-state index in [-0.39, 0.29) is 6.04 Å². The van der Waals surface area contributed by atoms with Gasteiger partial charge in [-0.05, 0) is 32.9 Å². The Morgan fingerprint density at radius 3 is 2.41 bits per heavy atom. The van der Waals surface area contributed by atoms with Gasteiger partial charge in [-0.15, -0.1) is 0 Å². The van der Waals surface area contributed by atoms with E-state index in [2.05, 4.69) is 5.32 Å². The highest BCUT2D eigenvalue weighted by Gasteiger charge is 2.32. The molecular formula is C10H18F3N3O. The van der Waals surface area contributed by atoms with Crippen LogP contribution in [-0.4, -0.2) is 48.7 Å². The Kier molecular flexibility index (Phi) is 4.76. The maximum Gasteiger partial charge on any atom is 0.401 e. The van der Waals surface area contributed by atoms with Crippen LogP contribution in [0.15, 0.2) is 0 Å². The van der Waals surface area contributed by atoms with E-state index in [1.165, 1.54) is 4.90 Å². The van der Waals surface area contributed by atoms with Crippen molar-refractivity contribution < 1.29 is 18.0 Å². The van der Waals surface area contributed by atoms with Crippen molar-refractivity contribution >= 4 is 5.91 Å². The van der Waals surface area contributed by atoms with E-state index in [4.69, 9.17) is 5.73 Å². The molecule has 0 aliphatic carbocycles. The normalized spacial score (nSPS) is 21.4. The van der Waals surface area contributed by atoms with Gasteiger partial charge in [0.2, 0.25) is 5.91 Å². The molecule has 1 heterocycles. The third-order valence-electron chi connectivity index (χ3n) is 2.90. The van der Waals surface area contributed by atoms with Gasteiger partial charge in [-0.1, -0.05) is 0 Å². The summed E-state index contributed by atoms with van der Waals surface area (Å²) in [5, 5.41) is 3.02. The van der Waals surface area contributed by atoms with E-state index in [0.29, 0.717) is 25.9 Å². The third kappa shape index (κ3) is 5.36. The molecule has 1 fully saturated rings. The highest BCUT2D eigenvalue weighted by Crippen LogP contribution is 2.19. The molecule has 1 rings (SSSR count). The fraction of sp³-hybridized carbons (Fsp3) is 0.900. The number of rotatable bonds is 4. The van der Waals surface area contributed by atoms with Crippen LogP contribution in [0.1, 0.15) is 19.8 Å². The number of likely N-dealkylation sites (tertiary alicyclic amines) is 1. The van der Waals surface area contributed by atoms with Crippen LogP contribution in [0.3, 0.4) is 0 Å². The molecule has 0 aromatic carbocycles. The zero-order chi connectivity index (χ0) is 13.1. The second kappa shape index (κ2) is 5.68. The predicted octanol–water partition coefficient (Wildman–Crippen LogP) is 0.477. The Morgan fingerprint density at radius 2 is 2.00 bits per heavy atom. The number of carbonyl (C=O) groups is 1. The SMILES string of the molecule is CC(NC1CCN(CC(F)(F)F)CC1)C(N)=O. The van der Waals surface area contributed by atoms with E-state index in [9.17, 15) is 18.0 Å². The quantitative estimate of drug-likeness (QED) is 0.766. The van der Waals surface area contributed by atoms with E-state index in [1.807, 2.05) is 0 Å². The smallest absolute Gasteiger partial charge is 0.368 e. The lowest BCUT2D eigenvalue weighted by Gasteiger charge is -2.33. The molecule has 100 valence electrons. The molecular weight excluding hydrogens is 235 g/mol. The highest BCUT2D eigenvalue weighted by molar-refractivity contribution is 5.79. The lowest BCUT2D eigenvalue weighted by atomic mass is 10.0. The molecule has 0 saturated carbocycles. The maximum atomic E-state index is 12.1. The predicted molar refractivity (Wildman–Crippen MR) is 57.3 cm³/mol. The number of nitrogens with zero attached hydrogens (tertiary/aromatic N) is 1. The lowest BCUT2D eigenvalue weighted by molar-refractivity contribution is -0.148. The molecule has 1 aliphatic rings. The first-order valence-corrected chi connectivity index (χ1v) is 5.62. The Hall–Kier alpha value is -0.820. The summed E-state index contributed by atoms with van der Waals surface area (Å²) in [6.07, 6.45) is -2.93. The van der Waals surface area contributed by atoms with Crippen molar-refractivity contribution in [3.63, 3.8) is 0 Å². The molecule has 1 amide bonds. The number of hydrogen-bond acceptors (Lipinski definition) is 3. The molecule has 0 radical (unpaired) electrons. The standard InChI is InChI=1S/C10H18F3N3O/c1-7(9(14)17)15-8-2-4-16(5-3-8)6-10(11,12)13/h7-8,15H,2-6H2,1H3,(H2,14,17). The van der Waals surface area contributed by atoms with Crippen molar-refractivity contribution in [2.24, 2.45) is 5.73 Å². The van der Waals surface area contributed by atoms with Crippen LogP contribution in [0, 0.1) is 0 Å². The van der Waals surface area contributed by atoms with Gasteiger partial charge >= 0.3 is 6.18 Å². The Morgan fingerprint density at radius 1 is 1.47 bits per heavy atom. The second-order valence-electron chi connectivity index (χ2n) is 4.46. The molecule has 0 bridgehead atoms. The van der Waals surface area contributed by atoms with Gasteiger partial charge in [0.15, 0.2) is 0 Å². The molecule has 1 atom stereocenters. The van der Waals surface area contributed by atoms with Crippen molar-refractivity contribution in [3.05, 3.63) is 0 Å². The van der Waals surface area contributed by atoms with E-state index in [1.54, 1.807) is 6.92 Å². The van der Waals surface area contributed by atoms with Crippen LogP contribution in [0.4, 0.5) is 13.2 Å². The van der Waals surface area contributed by atoms with E-state index in [0.717, 1.165) is 0 Å². The average molecular weight is 253 g/mol. The molecule has 17 heavy (non-hydrogen) atoms. The van der Waals surface area contributed by atoms with E-state index >= 15 is 0 Å². The minimum Gasteiger partial charge on any atom is -0.368 e. The van der Waals surface area contributed by atoms with Gasteiger partial charge in [-0.25, -0.2) is 0 Å². The zero-order valence-electron chi connectivity index (χ0n) is 9.76. The van der Waals surface area contributed by atoms with Gasteiger partial charge in [-0.3, -0.25) is 9.69 Å². The summed E-state index contributed by atoms with van der Waals surface area (Å²) in [4.78, 5) is 12.2. The van der Waals surface area contributed by atoms with Crippen LogP contribution < -0.4 is 11.1 Å². The number of halogens is 3. The maximum absolute atomic E-state index is 12.1. The van der Waals surface area contributed by atoms with Crippen molar-refractivity contribution in [3.8, 4) is 0 Å². The van der Waals surface area contributed by atoms with Crippen LogP contribution >= 0.6 is 0 Å². The summed E-state index contributed by atoms with van der Waals surface area (Å²) in [5.74, 6) is -0.442. The molecule has 1 unspecified atom stereocenters. The molecule has 4 nitrogen and oxygen atoms in total. The number of alkyl halides is 3. The summed E-state index contributed by atoms with van der Waals surface area (Å²) in [5.41, 5.74) is 5.10. The summed E-state index contributed by atoms with van der Waals surface area (Å²) >= 11 is 0. The van der Waals surface area contributed by atoms with Crippen molar-refractivity contribution in [2.75, 3.05) is 19.6 Å². The van der Waals surface area contributed by atoms with Gasteiger partial charge in [-0.2, -0.15) is 13.2 Å². The van der Waals surface area contributed by atoms with Gasteiger partial charge < -0.3 is 11.1 Å². The Balaban J connectivity index is 2.29. The average Bonchev–Trinajstić information content (AvgIpc) is 2.18. The largest absolute Gasteiger partial charge is 0.401 e. The summed E-state index contributed by atoms with van der Waals surface area (Å²) in [6.45, 7) is 1.58. The number of amides is 1. The monoisotopic (exact) mass is 253 g/mol. The topological polar surface area (TPSA) is 58.4 Å². The zero-order valence-corrected chi connectivity index (χ0v) is 9.76. The fourth-order valence-electron chi connectivity index (χ4n) is 1.95. The first-order valence-electron chi connectivity index (χ1n) is 5.62. The van der Waals surface area contributed by atoms with Crippen molar-refractivity contribution in [2.45, 2.75) is 38.0 Å². The fourth-order valence-corrected chi connectivity index (χ4v) is 1.95. The Bertz CT molecular complexity index is 262. The minimum absolute atomic E-state index is 0.0713. The number of nitrogens with one attached hydrogen (secondary N) is 1. The van der Waals surface area contributed by atoms with Crippen LogP contribution in [0.2, 0.25) is 0 Å². The molecule has 7 heteroatoms. The van der Waals surface area contributed by atoms with Gasteiger partial charge in [0.25, 0.3) is 0 Å². The molecule has 0 spiro atoms. The van der Waals surface area contributed by atoms with Crippen LogP contribution in [0.5, 0.6) is 0 Å². The van der Waals surface area contributed by atoms with Crippen molar-refractivity contribution in [1.82, 2.24) is 10.2 Å². The first kappa shape index (κ1) is 14.2. The summed E-state index contributed by atoms with van der Waals surface area (Å²) in [6, 6.07) is -0.365. The number of hydrogen-bond donors (Lipinski definition) is 2. The molecule has 0 aromatic rings. The van der Waals surface area contributed by atoms with Gasteiger partial charge in [0.1, 0.15) is 0 Å². The summed E-state index contributed by atoms with van der Waals surface area (Å²) in [7, 11) is 0. The number of carbonyl (C=O) groups excluding carboxylic acids is 1. The van der Waals surface area contributed by atoms with Crippen molar-refractivity contribution in [1.29, 1.82) is 0 Å². The first-order chi connectivity index (χ1) is 7.78. The molecule has 1 saturated heterocycles. The number of primary amides is 1. The molecule has 3 N–H and O–H groups in total. The van der Waals surface area contributed by atoms with Crippen LogP contribution in [-0.2, 0) is 4.79 Å². The third-order valence-corrected chi connectivity index (χ3v) is 2.90. The Labute approximate surface area is 98.3 Å². The highest BCUT2D eigenvalue weighted by atomic mass is 19.4. The van der Waals surface area contributed by atoms with Crippen LogP contribution in [0.25, 0.3) is 0 Å². The number of nitrogens with two attached hydrogens (primary N) is 1. The summed E-state index contributed by atoms with van der Waals surface area (Å²) < 4.78 is 36.4. The molecule has 1 aliphatic heterocycles. The lowest BCUT2D eigenvalue weighted by Crippen LogP contribution is -2.50. The number of piperidine rings is 1. The molecule has 0 aromatic heterocycles. The van der Waals surface area contributed by atoms with Gasteiger partial charge in [0.05, 0.1) is 12.6 Å². The van der Waals surface area contributed by atoms with Gasteiger partial charge in [0, 0.05) is 6.04 Å². The van der Waals surface area contributed by atoms with E-state index < -0.39 is 24.7 Å². The minimum atomic E-state index is -4.14.